The van der Waals surface area contributed by atoms with Gasteiger partial charge in [0.25, 0.3) is 0 Å². The Morgan fingerprint density at radius 1 is 1.33 bits per heavy atom. The zero-order valence-corrected chi connectivity index (χ0v) is 8.02. The minimum atomic E-state index is 0.978. The number of aryl methyl sites for hydroxylation is 2. The van der Waals surface area contributed by atoms with E-state index in [4.69, 9.17) is 0 Å². The molecule has 1 N–H and O–H groups in total. The zero-order chi connectivity index (χ0) is 8.97. The molecule has 66 valence electrons. The lowest BCUT2D eigenvalue weighted by Crippen LogP contribution is -1.87. The molecule has 0 aliphatic carbocycles. The monoisotopic (exact) mass is 164 g/mol. The van der Waals surface area contributed by atoms with Crippen molar-refractivity contribution in [1.29, 1.82) is 0 Å². The topological polar surface area (TPSA) is 28.7 Å². The second kappa shape index (κ2) is 4.10. The third-order valence-electron chi connectivity index (χ3n) is 1.90. The van der Waals surface area contributed by atoms with E-state index in [0.29, 0.717) is 0 Å². The van der Waals surface area contributed by atoms with Crippen LogP contribution in [-0.4, -0.2) is 9.97 Å². The van der Waals surface area contributed by atoms with E-state index in [0.717, 1.165) is 18.7 Å². The van der Waals surface area contributed by atoms with Gasteiger partial charge in [0.2, 0.25) is 0 Å². The highest BCUT2D eigenvalue weighted by Gasteiger charge is 2.03. The summed E-state index contributed by atoms with van der Waals surface area (Å²) in [7, 11) is 0. The fourth-order valence-electron chi connectivity index (χ4n) is 1.29. The minimum absolute atomic E-state index is 0.978. The highest BCUT2D eigenvalue weighted by Crippen LogP contribution is 2.08. The Morgan fingerprint density at radius 3 is 2.50 bits per heavy atom. The predicted molar refractivity (Wildman–Crippen MR) is 52.1 cm³/mol. The lowest BCUT2D eigenvalue weighted by Gasteiger charge is -1.91. The molecule has 2 nitrogen and oxygen atoms in total. The van der Waals surface area contributed by atoms with E-state index in [9.17, 15) is 0 Å². The van der Waals surface area contributed by atoms with Crippen molar-refractivity contribution in [3.63, 3.8) is 0 Å². The van der Waals surface area contributed by atoms with Gasteiger partial charge in [0, 0.05) is 5.69 Å². The molecule has 12 heavy (non-hydrogen) atoms. The number of imidazole rings is 1. The third kappa shape index (κ3) is 1.76. The summed E-state index contributed by atoms with van der Waals surface area (Å²) in [4.78, 5) is 7.73. The first kappa shape index (κ1) is 9.04. The fourth-order valence-corrected chi connectivity index (χ4v) is 1.29. The van der Waals surface area contributed by atoms with E-state index in [1.165, 1.54) is 11.4 Å². The lowest BCUT2D eigenvalue weighted by atomic mass is 10.2. The van der Waals surface area contributed by atoms with Crippen LogP contribution in [0.15, 0.2) is 6.08 Å². The standard InChI is InChI=1S/C10H16N2/c1-4-7-10-11-8(5-2)9(6-3)12-10/h4,7H,5-6H2,1-3H3,(H,11,12). The average Bonchev–Trinajstić information content (AvgIpc) is 2.48. The van der Waals surface area contributed by atoms with Crippen molar-refractivity contribution in [2.45, 2.75) is 33.6 Å². The van der Waals surface area contributed by atoms with Crippen LogP contribution in [0.25, 0.3) is 6.08 Å². The molecule has 0 aromatic carbocycles. The molecule has 0 atom stereocenters. The van der Waals surface area contributed by atoms with E-state index < -0.39 is 0 Å². The summed E-state index contributed by atoms with van der Waals surface area (Å²) in [6.45, 7) is 6.28. The quantitative estimate of drug-likeness (QED) is 0.730. The van der Waals surface area contributed by atoms with Crippen LogP contribution < -0.4 is 0 Å². The molecule has 0 spiro atoms. The van der Waals surface area contributed by atoms with Crippen LogP contribution in [0.1, 0.15) is 38.0 Å². The number of allylic oxidation sites excluding steroid dienone is 1. The van der Waals surface area contributed by atoms with Crippen molar-refractivity contribution in [3.8, 4) is 0 Å². The summed E-state index contributed by atoms with van der Waals surface area (Å²) in [5, 5.41) is 0. The number of nitrogens with zero attached hydrogens (tertiary/aromatic N) is 1. The Bertz CT molecular complexity index is 250. The number of aromatic amines is 1. The predicted octanol–water partition coefficient (Wildman–Crippen LogP) is 2.57. The number of hydrogen-bond acceptors (Lipinski definition) is 1. The van der Waals surface area contributed by atoms with Gasteiger partial charge in [-0.15, -0.1) is 0 Å². The third-order valence-corrected chi connectivity index (χ3v) is 1.90. The molecule has 1 aromatic heterocycles. The van der Waals surface area contributed by atoms with Crippen LogP contribution in [0.3, 0.4) is 0 Å². The molecule has 0 bridgehead atoms. The molecular weight excluding hydrogens is 148 g/mol. The summed E-state index contributed by atoms with van der Waals surface area (Å²) in [5.74, 6) is 0.978. The van der Waals surface area contributed by atoms with Gasteiger partial charge in [0.15, 0.2) is 0 Å². The Hall–Kier alpha value is -1.05. The zero-order valence-electron chi connectivity index (χ0n) is 8.02. The van der Waals surface area contributed by atoms with Gasteiger partial charge in [-0.25, -0.2) is 4.98 Å². The van der Waals surface area contributed by atoms with Gasteiger partial charge in [0.1, 0.15) is 5.82 Å². The van der Waals surface area contributed by atoms with Gasteiger partial charge in [-0.3, -0.25) is 0 Å². The Labute approximate surface area is 73.7 Å². The molecule has 0 saturated heterocycles. The van der Waals surface area contributed by atoms with Crippen molar-refractivity contribution in [3.05, 3.63) is 23.3 Å². The number of aromatic nitrogens is 2. The average molecular weight is 164 g/mol. The molecule has 0 radical (unpaired) electrons. The second-order valence-corrected chi connectivity index (χ2v) is 2.75. The summed E-state index contributed by atoms with van der Waals surface area (Å²) in [5.41, 5.74) is 2.47. The second-order valence-electron chi connectivity index (χ2n) is 2.75. The first-order valence-electron chi connectivity index (χ1n) is 4.52. The number of H-pyrrole nitrogens is 1. The summed E-state index contributed by atoms with van der Waals surface area (Å²) >= 11 is 0. The van der Waals surface area contributed by atoms with Gasteiger partial charge >= 0.3 is 0 Å². The maximum atomic E-state index is 4.45. The Balaban J connectivity index is 2.96. The molecule has 0 saturated carbocycles. The Morgan fingerprint density at radius 2 is 2.08 bits per heavy atom. The van der Waals surface area contributed by atoms with Crippen molar-refractivity contribution in [2.24, 2.45) is 0 Å². The van der Waals surface area contributed by atoms with Gasteiger partial charge in [0.05, 0.1) is 5.69 Å². The van der Waals surface area contributed by atoms with Crippen LogP contribution in [0, 0.1) is 0 Å². The van der Waals surface area contributed by atoms with Gasteiger partial charge in [-0.05, 0) is 25.8 Å². The van der Waals surface area contributed by atoms with E-state index in [-0.39, 0.29) is 0 Å². The highest BCUT2D eigenvalue weighted by atomic mass is 14.9. The normalized spacial score (nSPS) is 11.2. The van der Waals surface area contributed by atoms with Crippen molar-refractivity contribution in [2.75, 3.05) is 0 Å². The number of rotatable bonds is 3. The molecule has 1 heterocycles. The van der Waals surface area contributed by atoms with Crippen LogP contribution in [-0.2, 0) is 12.8 Å². The first-order chi connectivity index (χ1) is 5.81. The SMILES string of the molecule is CC=Cc1nc(CC)c(CC)[nH]1. The van der Waals surface area contributed by atoms with Crippen LogP contribution in [0.2, 0.25) is 0 Å². The van der Waals surface area contributed by atoms with E-state index in [1.807, 2.05) is 19.1 Å². The van der Waals surface area contributed by atoms with Crippen molar-refractivity contribution in [1.82, 2.24) is 9.97 Å². The number of hydrogen-bond donors (Lipinski definition) is 1. The van der Waals surface area contributed by atoms with E-state index in [1.54, 1.807) is 0 Å². The maximum Gasteiger partial charge on any atom is 0.130 e. The molecule has 0 unspecified atom stereocenters. The summed E-state index contributed by atoms with van der Waals surface area (Å²) in [6, 6.07) is 0. The molecule has 0 aliphatic rings. The van der Waals surface area contributed by atoms with Gasteiger partial charge < -0.3 is 4.98 Å². The van der Waals surface area contributed by atoms with Crippen molar-refractivity contribution < 1.29 is 0 Å². The molecular formula is C10H16N2. The fraction of sp³-hybridized carbons (Fsp3) is 0.500. The number of nitrogens with one attached hydrogen (secondary N) is 1. The molecule has 1 rings (SSSR count). The molecule has 0 fully saturated rings. The molecule has 1 aromatic rings. The van der Waals surface area contributed by atoms with Gasteiger partial charge in [-0.1, -0.05) is 19.9 Å². The highest BCUT2D eigenvalue weighted by molar-refractivity contribution is 5.41. The van der Waals surface area contributed by atoms with Crippen LogP contribution in [0.4, 0.5) is 0 Å². The summed E-state index contributed by atoms with van der Waals surface area (Å²) < 4.78 is 0. The smallest absolute Gasteiger partial charge is 0.130 e. The van der Waals surface area contributed by atoms with E-state index >= 15 is 0 Å². The minimum Gasteiger partial charge on any atom is -0.342 e. The molecule has 2 heteroatoms. The van der Waals surface area contributed by atoms with E-state index in [2.05, 4.69) is 23.8 Å². The maximum absolute atomic E-state index is 4.45. The molecule has 0 amide bonds. The van der Waals surface area contributed by atoms with Crippen LogP contribution in [0.5, 0.6) is 0 Å². The summed E-state index contributed by atoms with van der Waals surface area (Å²) in [6.07, 6.45) is 6.04. The first-order valence-corrected chi connectivity index (χ1v) is 4.52. The largest absolute Gasteiger partial charge is 0.342 e. The lowest BCUT2D eigenvalue weighted by molar-refractivity contribution is 0.979. The molecule has 0 aliphatic heterocycles. The Kier molecular flexibility index (Phi) is 3.09. The van der Waals surface area contributed by atoms with Crippen LogP contribution >= 0.6 is 0 Å². The van der Waals surface area contributed by atoms with Crippen molar-refractivity contribution >= 4 is 6.08 Å². The van der Waals surface area contributed by atoms with Gasteiger partial charge in [-0.2, -0.15) is 0 Å².